The van der Waals surface area contributed by atoms with Crippen LogP contribution < -0.4 is 11.1 Å². The molecular weight excluding hydrogens is 246 g/mol. The van der Waals surface area contributed by atoms with Crippen LogP contribution in [-0.4, -0.2) is 17.9 Å². The molecule has 0 spiro atoms. The van der Waals surface area contributed by atoms with Crippen LogP contribution in [0.1, 0.15) is 6.92 Å². The summed E-state index contributed by atoms with van der Waals surface area (Å²) < 4.78 is 26.4. The van der Waals surface area contributed by atoms with Gasteiger partial charge < -0.3 is 11.1 Å². The SMILES string of the molecule is CSCC(C)C(=O)Nc1c(N)ccc(F)c1F. The fraction of sp³-hybridized carbons (Fsp3) is 0.364. The lowest BCUT2D eigenvalue weighted by Gasteiger charge is -2.13. The van der Waals surface area contributed by atoms with E-state index in [9.17, 15) is 13.6 Å². The summed E-state index contributed by atoms with van der Waals surface area (Å²) in [5, 5.41) is 2.31. The van der Waals surface area contributed by atoms with Crippen LogP contribution in [0.25, 0.3) is 0 Å². The van der Waals surface area contributed by atoms with E-state index in [-0.39, 0.29) is 23.2 Å². The lowest BCUT2D eigenvalue weighted by Crippen LogP contribution is -2.23. The van der Waals surface area contributed by atoms with Crippen LogP contribution >= 0.6 is 11.8 Å². The summed E-state index contributed by atoms with van der Waals surface area (Å²) >= 11 is 1.50. The molecule has 0 heterocycles. The molecule has 0 aliphatic carbocycles. The van der Waals surface area contributed by atoms with E-state index in [1.165, 1.54) is 17.8 Å². The molecule has 0 radical (unpaired) electrons. The van der Waals surface area contributed by atoms with Crippen molar-refractivity contribution in [2.75, 3.05) is 23.1 Å². The van der Waals surface area contributed by atoms with Crippen LogP contribution in [0, 0.1) is 17.6 Å². The Morgan fingerprint density at radius 2 is 2.18 bits per heavy atom. The number of thioether (sulfide) groups is 1. The number of benzene rings is 1. The zero-order valence-corrected chi connectivity index (χ0v) is 10.4. The van der Waals surface area contributed by atoms with E-state index < -0.39 is 11.6 Å². The van der Waals surface area contributed by atoms with E-state index in [0.717, 1.165) is 6.07 Å². The predicted octanol–water partition coefficient (Wildman–Crippen LogP) is 2.48. The first-order valence-corrected chi connectivity index (χ1v) is 6.40. The second kappa shape index (κ2) is 5.86. The van der Waals surface area contributed by atoms with Gasteiger partial charge in [0.2, 0.25) is 5.91 Å². The smallest absolute Gasteiger partial charge is 0.228 e. The number of nitrogens with one attached hydrogen (secondary N) is 1. The van der Waals surface area contributed by atoms with E-state index in [1.54, 1.807) is 6.92 Å². The van der Waals surface area contributed by atoms with Gasteiger partial charge in [-0.25, -0.2) is 8.78 Å². The van der Waals surface area contributed by atoms with Crippen LogP contribution in [0.15, 0.2) is 12.1 Å². The summed E-state index contributed by atoms with van der Waals surface area (Å²) in [7, 11) is 0. The molecule has 1 rings (SSSR count). The molecule has 0 aliphatic heterocycles. The summed E-state index contributed by atoms with van der Waals surface area (Å²) in [5.74, 6) is -2.24. The molecule has 6 heteroatoms. The average molecular weight is 260 g/mol. The lowest BCUT2D eigenvalue weighted by atomic mass is 10.2. The maximum absolute atomic E-state index is 13.4. The van der Waals surface area contributed by atoms with Crippen molar-refractivity contribution >= 4 is 29.0 Å². The number of hydrogen-bond acceptors (Lipinski definition) is 3. The molecule has 1 aromatic carbocycles. The molecule has 17 heavy (non-hydrogen) atoms. The first-order chi connectivity index (χ1) is 7.97. The van der Waals surface area contributed by atoms with Crippen LogP contribution in [0.5, 0.6) is 0 Å². The molecule has 0 bridgehead atoms. The van der Waals surface area contributed by atoms with Crippen molar-refractivity contribution < 1.29 is 13.6 Å². The minimum absolute atomic E-state index is 0.00796. The zero-order chi connectivity index (χ0) is 13.0. The second-order valence-electron chi connectivity index (χ2n) is 3.67. The van der Waals surface area contributed by atoms with Gasteiger partial charge in [-0.15, -0.1) is 0 Å². The third-order valence-electron chi connectivity index (χ3n) is 2.24. The molecule has 94 valence electrons. The molecule has 1 aromatic rings. The van der Waals surface area contributed by atoms with Gasteiger partial charge in [-0.1, -0.05) is 6.92 Å². The second-order valence-corrected chi connectivity index (χ2v) is 4.58. The van der Waals surface area contributed by atoms with Crippen molar-refractivity contribution in [3.05, 3.63) is 23.8 Å². The summed E-state index contributed by atoms with van der Waals surface area (Å²) in [6, 6.07) is 2.14. The summed E-state index contributed by atoms with van der Waals surface area (Å²) in [4.78, 5) is 11.6. The molecule has 3 N–H and O–H groups in total. The first kappa shape index (κ1) is 13.8. The topological polar surface area (TPSA) is 55.1 Å². The molecule has 1 unspecified atom stereocenters. The van der Waals surface area contributed by atoms with Gasteiger partial charge in [-0.05, 0) is 18.4 Å². The van der Waals surface area contributed by atoms with E-state index in [0.29, 0.717) is 5.75 Å². The fourth-order valence-electron chi connectivity index (χ4n) is 1.26. The standard InChI is InChI=1S/C11H14F2N2OS/c1-6(5-17-2)11(16)15-10-8(14)4-3-7(12)9(10)13/h3-4,6H,5,14H2,1-2H3,(H,15,16). The van der Waals surface area contributed by atoms with Crippen molar-refractivity contribution in [1.29, 1.82) is 0 Å². The Labute approximate surface area is 103 Å². The van der Waals surface area contributed by atoms with Gasteiger partial charge in [-0.2, -0.15) is 11.8 Å². The van der Waals surface area contributed by atoms with Crippen LogP contribution in [0.4, 0.5) is 20.2 Å². The Balaban J connectivity index is 2.88. The highest BCUT2D eigenvalue weighted by atomic mass is 32.2. The maximum atomic E-state index is 13.4. The molecular formula is C11H14F2N2OS. The van der Waals surface area contributed by atoms with Crippen molar-refractivity contribution in [1.82, 2.24) is 0 Å². The Bertz CT molecular complexity index is 426. The minimum atomic E-state index is -1.13. The van der Waals surface area contributed by atoms with Gasteiger partial charge >= 0.3 is 0 Å². The van der Waals surface area contributed by atoms with Crippen LogP contribution in [0.2, 0.25) is 0 Å². The highest BCUT2D eigenvalue weighted by Crippen LogP contribution is 2.25. The number of carbonyl (C=O) groups is 1. The Morgan fingerprint density at radius 1 is 1.53 bits per heavy atom. The summed E-state index contributed by atoms with van der Waals surface area (Å²) in [6.07, 6.45) is 1.86. The number of hydrogen-bond donors (Lipinski definition) is 2. The summed E-state index contributed by atoms with van der Waals surface area (Å²) in [5.41, 5.74) is 5.21. The minimum Gasteiger partial charge on any atom is -0.397 e. The van der Waals surface area contributed by atoms with Gasteiger partial charge in [-0.3, -0.25) is 4.79 Å². The number of anilines is 2. The van der Waals surface area contributed by atoms with Crippen molar-refractivity contribution in [3.63, 3.8) is 0 Å². The molecule has 0 aromatic heterocycles. The van der Waals surface area contributed by atoms with Crippen molar-refractivity contribution in [2.45, 2.75) is 6.92 Å². The number of nitrogens with two attached hydrogens (primary N) is 1. The Hall–Kier alpha value is -1.30. The van der Waals surface area contributed by atoms with E-state index in [2.05, 4.69) is 5.32 Å². The molecule has 0 saturated carbocycles. The van der Waals surface area contributed by atoms with Crippen LogP contribution in [0.3, 0.4) is 0 Å². The van der Waals surface area contributed by atoms with E-state index >= 15 is 0 Å². The third kappa shape index (κ3) is 3.33. The number of nitrogen functional groups attached to an aromatic ring is 1. The number of halogens is 2. The highest BCUT2D eigenvalue weighted by Gasteiger charge is 2.18. The number of amides is 1. The monoisotopic (exact) mass is 260 g/mol. The first-order valence-electron chi connectivity index (χ1n) is 5.00. The van der Waals surface area contributed by atoms with E-state index in [4.69, 9.17) is 5.73 Å². The summed E-state index contributed by atoms with van der Waals surface area (Å²) in [6.45, 7) is 1.71. The van der Waals surface area contributed by atoms with Crippen LogP contribution in [-0.2, 0) is 4.79 Å². The van der Waals surface area contributed by atoms with Gasteiger partial charge in [0.15, 0.2) is 11.6 Å². The van der Waals surface area contributed by atoms with Crippen molar-refractivity contribution in [2.24, 2.45) is 5.92 Å². The molecule has 1 amide bonds. The lowest BCUT2D eigenvalue weighted by molar-refractivity contribution is -0.118. The molecule has 0 aliphatic rings. The molecule has 3 nitrogen and oxygen atoms in total. The number of carbonyl (C=O) groups excluding carboxylic acids is 1. The maximum Gasteiger partial charge on any atom is 0.228 e. The Morgan fingerprint density at radius 3 is 2.76 bits per heavy atom. The predicted molar refractivity (Wildman–Crippen MR) is 66.9 cm³/mol. The Kier molecular flexibility index (Phi) is 4.74. The van der Waals surface area contributed by atoms with Gasteiger partial charge in [0.05, 0.1) is 5.69 Å². The highest BCUT2D eigenvalue weighted by molar-refractivity contribution is 7.98. The van der Waals surface area contributed by atoms with Crippen molar-refractivity contribution in [3.8, 4) is 0 Å². The van der Waals surface area contributed by atoms with E-state index in [1.807, 2.05) is 6.26 Å². The fourth-order valence-corrected chi connectivity index (χ4v) is 1.92. The zero-order valence-electron chi connectivity index (χ0n) is 9.59. The third-order valence-corrected chi connectivity index (χ3v) is 3.07. The van der Waals surface area contributed by atoms with Gasteiger partial charge in [0.25, 0.3) is 0 Å². The quantitative estimate of drug-likeness (QED) is 0.818. The molecule has 0 saturated heterocycles. The number of rotatable bonds is 4. The average Bonchev–Trinajstić information content (AvgIpc) is 2.29. The normalized spacial score (nSPS) is 12.2. The molecule has 1 atom stereocenters. The van der Waals surface area contributed by atoms with Gasteiger partial charge in [0.1, 0.15) is 5.69 Å². The van der Waals surface area contributed by atoms with Gasteiger partial charge in [0, 0.05) is 11.7 Å². The largest absolute Gasteiger partial charge is 0.397 e. The molecule has 0 fully saturated rings.